The standard InChI is InChI=1S/C11H16FN/c1-3-5-9-6-8(4-2)11(13)7-10(9)12/h6-7H,3-5,13H2,1-2H3. The number of hydrogen-bond donors (Lipinski definition) is 1. The van der Waals surface area contributed by atoms with Gasteiger partial charge < -0.3 is 5.73 Å². The van der Waals surface area contributed by atoms with E-state index < -0.39 is 0 Å². The van der Waals surface area contributed by atoms with Crippen molar-refractivity contribution in [3.05, 3.63) is 29.1 Å². The first-order valence-corrected chi connectivity index (χ1v) is 4.75. The van der Waals surface area contributed by atoms with Crippen LogP contribution in [-0.2, 0) is 12.8 Å². The zero-order chi connectivity index (χ0) is 9.84. The van der Waals surface area contributed by atoms with Crippen molar-refractivity contribution in [3.8, 4) is 0 Å². The molecule has 0 aliphatic carbocycles. The summed E-state index contributed by atoms with van der Waals surface area (Å²) in [6.07, 6.45) is 2.62. The summed E-state index contributed by atoms with van der Waals surface area (Å²) >= 11 is 0. The second kappa shape index (κ2) is 4.26. The molecule has 1 rings (SSSR count). The van der Waals surface area contributed by atoms with Crippen molar-refractivity contribution < 1.29 is 4.39 Å². The van der Waals surface area contributed by atoms with E-state index in [1.807, 2.05) is 19.9 Å². The Morgan fingerprint density at radius 1 is 1.23 bits per heavy atom. The van der Waals surface area contributed by atoms with Crippen LogP contribution in [0.15, 0.2) is 12.1 Å². The number of rotatable bonds is 3. The second-order valence-corrected chi connectivity index (χ2v) is 3.25. The van der Waals surface area contributed by atoms with Crippen LogP contribution in [0.1, 0.15) is 31.4 Å². The highest BCUT2D eigenvalue weighted by Crippen LogP contribution is 2.19. The molecule has 0 saturated carbocycles. The number of hydrogen-bond acceptors (Lipinski definition) is 1. The Morgan fingerprint density at radius 2 is 1.92 bits per heavy atom. The Bertz CT molecular complexity index is 294. The maximum atomic E-state index is 13.3. The van der Waals surface area contributed by atoms with Crippen molar-refractivity contribution in [2.24, 2.45) is 0 Å². The van der Waals surface area contributed by atoms with Crippen molar-refractivity contribution >= 4 is 5.69 Å². The predicted molar refractivity (Wildman–Crippen MR) is 54.2 cm³/mol. The van der Waals surface area contributed by atoms with Gasteiger partial charge in [-0.25, -0.2) is 4.39 Å². The molecule has 0 saturated heterocycles. The van der Waals surface area contributed by atoms with Gasteiger partial charge in [-0.15, -0.1) is 0 Å². The van der Waals surface area contributed by atoms with E-state index in [4.69, 9.17) is 5.73 Å². The van der Waals surface area contributed by atoms with Gasteiger partial charge in [-0.3, -0.25) is 0 Å². The minimum Gasteiger partial charge on any atom is -0.398 e. The van der Waals surface area contributed by atoms with Crippen LogP contribution in [0.25, 0.3) is 0 Å². The fourth-order valence-electron chi connectivity index (χ4n) is 1.45. The van der Waals surface area contributed by atoms with E-state index in [0.29, 0.717) is 5.69 Å². The van der Waals surface area contributed by atoms with Crippen LogP contribution in [-0.4, -0.2) is 0 Å². The Labute approximate surface area is 78.8 Å². The third kappa shape index (κ3) is 2.20. The van der Waals surface area contributed by atoms with Crippen LogP contribution in [0, 0.1) is 5.82 Å². The third-order valence-electron chi connectivity index (χ3n) is 2.21. The highest BCUT2D eigenvalue weighted by molar-refractivity contribution is 5.49. The zero-order valence-corrected chi connectivity index (χ0v) is 8.23. The summed E-state index contributed by atoms with van der Waals surface area (Å²) in [6, 6.07) is 3.32. The molecule has 0 fully saturated rings. The molecule has 72 valence electrons. The van der Waals surface area contributed by atoms with Gasteiger partial charge in [0.05, 0.1) is 0 Å². The van der Waals surface area contributed by atoms with Gasteiger partial charge in [0.25, 0.3) is 0 Å². The van der Waals surface area contributed by atoms with E-state index in [1.165, 1.54) is 6.07 Å². The maximum Gasteiger partial charge on any atom is 0.128 e. The first-order chi connectivity index (χ1) is 6.19. The number of benzene rings is 1. The lowest BCUT2D eigenvalue weighted by Crippen LogP contribution is -1.98. The van der Waals surface area contributed by atoms with E-state index in [-0.39, 0.29) is 5.82 Å². The van der Waals surface area contributed by atoms with Crippen molar-refractivity contribution in [1.82, 2.24) is 0 Å². The maximum absolute atomic E-state index is 13.3. The fourth-order valence-corrected chi connectivity index (χ4v) is 1.45. The first-order valence-electron chi connectivity index (χ1n) is 4.75. The summed E-state index contributed by atoms with van der Waals surface area (Å²) in [5.74, 6) is -0.170. The SMILES string of the molecule is CCCc1cc(CC)c(N)cc1F. The number of nitrogen functional groups attached to an aromatic ring is 1. The number of anilines is 1. The number of halogens is 1. The van der Waals surface area contributed by atoms with E-state index in [2.05, 4.69) is 0 Å². The first kappa shape index (κ1) is 10.0. The van der Waals surface area contributed by atoms with Crippen molar-refractivity contribution in [3.63, 3.8) is 0 Å². The molecule has 0 heterocycles. The zero-order valence-electron chi connectivity index (χ0n) is 8.23. The normalized spacial score (nSPS) is 10.4. The fraction of sp³-hybridized carbons (Fsp3) is 0.455. The van der Waals surface area contributed by atoms with Crippen molar-refractivity contribution in [1.29, 1.82) is 0 Å². The van der Waals surface area contributed by atoms with Crippen LogP contribution in [0.2, 0.25) is 0 Å². The third-order valence-corrected chi connectivity index (χ3v) is 2.21. The molecule has 0 aliphatic heterocycles. The average molecular weight is 181 g/mol. The molecule has 0 amide bonds. The summed E-state index contributed by atoms with van der Waals surface area (Å²) in [6.45, 7) is 4.07. The minimum atomic E-state index is -0.170. The number of nitrogens with two attached hydrogens (primary N) is 1. The lowest BCUT2D eigenvalue weighted by atomic mass is 10.0. The Hall–Kier alpha value is -1.05. The van der Waals surface area contributed by atoms with E-state index in [1.54, 1.807) is 0 Å². The monoisotopic (exact) mass is 181 g/mol. The molecule has 2 heteroatoms. The van der Waals surface area contributed by atoms with Gasteiger partial charge in [0, 0.05) is 5.69 Å². The van der Waals surface area contributed by atoms with Crippen LogP contribution >= 0.6 is 0 Å². The van der Waals surface area contributed by atoms with Gasteiger partial charge in [-0.1, -0.05) is 26.3 Å². The van der Waals surface area contributed by atoms with Gasteiger partial charge in [0.15, 0.2) is 0 Å². The van der Waals surface area contributed by atoms with Gasteiger partial charge in [0.1, 0.15) is 5.82 Å². The summed E-state index contributed by atoms with van der Waals surface area (Å²) in [4.78, 5) is 0. The summed E-state index contributed by atoms with van der Waals surface area (Å²) in [5.41, 5.74) is 8.06. The molecule has 0 atom stereocenters. The number of aryl methyl sites for hydroxylation is 2. The largest absolute Gasteiger partial charge is 0.398 e. The van der Waals surface area contributed by atoms with Gasteiger partial charge in [-0.05, 0) is 30.0 Å². The van der Waals surface area contributed by atoms with Crippen LogP contribution in [0.4, 0.5) is 10.1 Å². The average Bonchev–Trinajstić information content (AvgIpc) is 2.10. The summed E-state index contributed by atoms with van der Waals surface area (Å²) in [5, 5.41) is 0. The second-order valence-electron chi connectivity index (χ2n) is 3.25. The van der Waals surface area contributed by atoms with E-state index in [0.717, 1.165) is 30.4 Å². The predicted octanol–water partition coefficient (Wildman–Crippen LogP) is 2.92. The molecule has 0 aromatic heterocycles. The Kier molecular flexibility index (Phi) is 3.29. The van der Waals surface area contributed by atoms with Crippen LogP contribution in [0.3, 0.4) is 0 Å². The van der Waals surface area contributed by atoms with E-state index in [9.17, 15) is 4.39 Å². The molecule has 0 spiro atoms. The topological polar surface area (TPSA) is 26.0 Å². The molecule has 1 nitrogen and oxygen atoms in total. The summed E-state index contributed by atoms with van der Waals surface area (Å²) < 4.78 is 13.3. The molecular weight excluding hydrogens is 165 g/mol. The van der Waals surface area contributed by atoms with E-state index >= 15 is 0 Å². The molecule has 1 aromatic carbocycles. The quantitative estimate of drug-likeness (QED) is 0.713. The van der Waals surface area contributed by atoms with Crippen LogP contribution in [0.5, 0.6) is 0 Å². The minimum absolute atomic E-state index is 0.170. The molecule has 2 N–H and O–H groups in total. The molecule has 1 aromatic rings. The Balaban J connectivity index is 3.06. The smallest absolute Gasteiger partial charge is 0.128 e. The molecule has 0 unspecified atom stereocenters. The summed E-state index contributed by atoms with van der Waals surface area (Å²) in [7, 11) is 0. The molecular formula is C11H16FN. The van der Waals surface area contributed by atoms with Gasteiger partial charge >= 0.3 is 0 Å². The van der Waals surface area contributed by atoms with Crippen molar-refractivity contribution in [2.45, 2.75) is 33.1 Å². The van der Waals surface area contributed by atoms with Crippen LogP contribution < -0.4 is 5.73 Å². The van der Waals surface area contributed by atoms with Gasteiger partial charge in [-0.2, -0.15) is 0 Å². The lowest BCUT2D eigenvalue weighted by molar-refractivity contribution is 0.607. The molecule has 0 bridgehead atoms. The highest BCUT2D eigenvalue weighted by Gasteiger charge is 2.05. The molecule has 0 aliphatic rings. The van der Waals surface area contributed by atoms with Gasteiger partial charge in [0.2, 0.25) is 0 Å². The van der Waals surface area contributed by atoms with Crippen molar-refractivity contribution in [2.75, 3.05) is 5.73 Å². The molecule has 13 heavy (non-hydrogen) atoms. The lowest BCUT2D eigenvalue weighted by Gasteiger charge is -2.07. The highest BCUT2D eigenvalue weighted by atomic mass is 19.1. The molecule has 0 radical (unpaired) electrons. The Morgan fingerprint density at radius 3 is 2.46 bits per heavy atom.